The number of aromatic nitrogens is 2. The minimum Gasteiger partial charge on any atom is -0.334 e. The van der Waals surface area contributed by atoms with Crippen molar-refractivity contribution >= 4 is 11.6 Å². The maximum Gasteiger partial charge on any atom is 0.257 e. The Morgan fingerprint density at radius 3 is 2.61 bits per heavy atom. The van der Waals surface area contributed by atoms with E-state index in [-0.39, 0.29) is 5.91 Å². The molecule has 5 heteroatoms. The first kappa shape index (κ1) is 15.0. The van der Waals surface area contributed by atoms with Gasteiger partial charge in [0.15, 0.2) is 5.82 Å². The molecule has 116 valence electrons. The predicted molar refractivity (Wildman–Crippen MR) is 88.2 cm³/mol. The van der Waals surface area contributed by atoms with Crippen LogP contribution in [0.2, 0.25) is 0 Å². The molecule has 0 atom stereocenters. The second kappa shape index (κ2) is 6.44. The third kappa shape index (κ3) is 3.45. The van der Waals surface area contributed by atoms with Gasteiger partial charge in [-0.15, -0.1) is 0 Å². The van der Waals surface area contributed by atoms with E-state index in [2.05, 4.69) is 22.4 Å². The summed E-state index contributed by atoms with van der Waals surface area (Å²) < 4.78 is 5.11. The molecule has 0 unspecified atom stereocenters. The lowest BCUT2D eigenvalue weighted by Crippen LogP contribution is -2.11. The highest BCUT2D eigenvalue weighted by atomic mass is 16.5. The molecule has 1 amide bonds. The van der Waals surface area contributed by atoms with E-state index in [1.165, 1.54) is 5.56 Å². The average molecular weight is 307 g/mol. The normalized spacial score (nSPS) is 10.5. The fourth-order valence-electron chi connectivity index (χ4n) is 2.25. The van der Waals surface area contributed by atoms with Gasteiger partial charge in [0.25, 0.3) is 11.8 Å². The lowest BCUT2D eigenvalue weighted by Gasteiger charge is -2.07. The second-order valence-electron chi connectivity index (χ2n) is 5.23. The van der Waals surface area contributed by atoms with E-state index in [0.717, 1.165) is 17.7 Å². The van der Waals surface area contributed by atoms with Gasteiger partial charge in [-0.1, -0.05) is 24.2 Å². The van der Waals surface area contributed by atoms with Crippen molar-refractivity contribution in [3.05, 3.63) is 65.5 Å². The molecule has 0 aliphatic carbocycles. The smallest absolute Gasteiger partial charge is 0.257 e. The molecule has 2 aromatic carbocycles. The zero-order valence-electron chi connectivity index (χ0n) is 13.0. The molecule has 0 radical (unpaired) electrons. The van der Waals surface area contributed by atoms with Gasteiger partial charge in [0, 0.05) is 16.8 Å². The van der Waals surface area contributed by atoms with Crippen molar-refractivity contribution in [2.24, 2.45) is 0 Å². The lowest BCUT2D eigenvalue weighted by atomic mass is 10.1. The first-order valence-electron chi connectivity index (χ1n) is 7.47. The van der Waals surface area contributed by atoms with Crippen LogP contribution in [0.5, 0.6) is 0 Å². The minimum atomic E-state index is -0.147. The topological polar surface area (TPSA) is 68.0 Å². The summed E-state index contributed by atoms with van der Waals surface area (Å²) in [7, 11) is 0. The molecule has 1 aromatic heterocycles. The Bertz CT molecular complexity index is 822. The van der Waals surface area contributed by atoms with Crippen molar-refractivity contribution in [3.63, 3.8) is 0 Å². The number of hydrogen-bond donors (Lipinski definition) is 1. The predicted octanol–water partition coefficient (Wildman–Crippen LogP) is 3.86. The maximum absolute atomic E-state index is 12.3. The number of nitrogens with zero attached hydrogens (tertiary/aromatic N) is 2. The fraction of sp³-hybridized carbons (Fsp3) is 0.167. The van der Waals surface area contributed by atoms with E-state index >= 15 is 0 Å². The van der Waals surface area contributed by atoms with Crippen LogP contribution in [-0.4, -0.2) is 16.0 Å². The Labute approximate surface area is 134 Å². The molecule has 3 rings (SSSR count). The van der Waals surface area contributed by atoms with E-state index in [9.17, 15) is 4.79 Å². The van der Waals surface area contributed by atoms with E-state index < -0.39 is 0 Å². The van der Waals surface area contributed by atoms with Crippen LogP contribution in [0.1, 0.15) is 28.7 Å². The summed E-state index contributed by atoms with van der Waals surface area (Å²) in [5.74, 6) is 0.884. The van der Waals surface area contributed by atoms with Crippen LogP contribution in [0.25, 0.3) is 11.5 Å². The minimum absolute atomic E-state index is 0.147. The van der Waals surface area contributed by atoms with Crippen LogP contribution < -0.4 is 5.32 Å². The van der Waals surface area contributed by atoms with Crippen LogP contribution in [0.4, 0.5) is 5.69 Å². The zero-order valence-corrected chi connectivity index (χ0v) is 13.0. The van der Waals surface area contributed by atoms with Crippen LogP contribution in [0, 0.1) is 6.92 Å². The molecule has 0 saturated carbocycles. The van der Waals surface area contributed by atoms with Crippen molar-refractivity contribution in [3.8, 4) is 11.5 Å². The van der Waals surface area contributed by atoms with Gasteiger partial charge in [-0.3, -0.25) is 4.79 Å². The largest absolute Gasteiger partial charge is 0.334 e. The number of benzene rings is 2. The lowest BCUT2D eigenvalue weighted by molar-refractivity contribution is 0.102. The van der Waals surface area contributed by atoms with Gasteiger partial charge in [0.05, 0.1) is 0 Å². The summed E-state index contributed by atoms with van der Waals surface area (Å²) in [5.41, 5.74) is 3.35. The summed E-state index contributed by atoms with van der Waals surface area (Å²) in [6.45, 7) is 3.85. The molecule has 3 aromatic rings. The van der Waals surface area contributed by atoms with Gasteiger partial charge in [0.2, 0.25) is 0 Å². The van der Waals surface area contributed by atoms with E-state index in [1.54, 1.807) is 31.2 Å². The number of aryl methyl sites for hydroxylation is 2. The standard InChI is InChI=1S/C18H17N3O2/c1-3-13-5-4-6-16(11-13)20-17(22)14-7-9-15(10-8-14)18-19-12(2)21-23-18/h4-11H,3H2,1-2H3,(H,20,22). The number of carbonyl (C=O) groups excluding carboxylic acids is 1. The van der Waals surface area contributed by atoms with Gasteiger partial charge in [0.1, 0.15) is 0 Å². The Hall–Kier alpha value is -2.95. The number of amides is 1. The molecule has 0 aliphatic rings. The first-order chi connectivity index (χ1) is 11.2. The highest BCUT2D eigenvalue weighted by Crippen LogP contribution is 2.18. The van der Waals surface area contributed by atoms with E-state index in [0.29, 0.717) is 17.3 Å². The maximum atomic E-state index is 12.3. The number of rotatable bonds is 4. The van der Waals surface area contributed by atoms with Crippen molar-refractivity contribution < 1.29 is 9.32 Å². The molecule has 1 heterocycles. The fourth-order valence-corrected chi connectivity index (χ4v) is 2.25. The zero-order chi connectivity index (χ0) is 16.2. The average Bonchev–Trinajstić information content (AvgIpc) is 3.01. The number of hydrogen-bond acceptors (Lipinski definition) is 4. The summed E-state index contributed by atoms with van der Waals surface area (Å²) in [6, 6.07) is 14.9. The second-order valence-corrected chi connectivity index (χ2v) is 5.23. The molecule has 5 nitrogen and oxygen atoms in total. The van der Waals surface area contributed by atoms with Gasteiger partial charge in [-0.05, 0) is 55.3 Å². The third-order valence-electron chi connectivity index (χ3n) is 3.51. The van der Waals surface area contributed by atoms with Crippen LogP contribution in [0.15, 0.2) is 53.1 Å². The van der Waals surface area contributed by atoms with E-state index in [4.69, 9.17) is 4.52 Å². The highest BCUT2D eigenvalue weighted by Gasteiger charge is 2.09. The van der Waals surface area contributed by atoms with Gasteiger partial charge in [-0.2, -0.15) is 4.98 Å². The summed E-state index contributed by atoms with van der Waals surface area (Å²) >= 11 is 0. The molecule has 0 spiro atoms. The number of anilines is 1. The van der Waals surface area contributed by atoms with Crippen LogP contribution in [0.3, 0.4) is 0 Å². The summed E-state index contributed by atoms with van der Waals surface area (Å²) in [4.78, 5) is 16.5. The Balaban J connectivity index is 1.75. The highest BCUT2D eigenvalue weighted by molar-refractivity contribution is 6.04. The van der Waals surface area contributed by atoms with Gasteiger partial charge >= 0.3 is 0 Å². The molecule has 0 saturated heterocycles. The van der Waals surface area contributed by atoms with Gasteiger partial charge in [-0.25, -0.2) is 0 Å². The monoisotopic (exact) mass is 307 g/mol. The van der Waals surface area contributed by atoms with Crippen molar-refractivity contribution in [1.29, 1.82) is 0 Å². The van der Waals surface area contributed by atoms with Crippen molar-refractivity contribution in [1.82, 2.24) is 10.1 Å². The van der Waals surface area contributed by atoms with Gasteiger partial charge < -0.3 is 9.84 Å². The Morgan fingerprint density at radius 2 is 1.96 bits per heavy atom. The van der Waals surface area contributed by atoms with Crippen LogP contribution in [-0.2, 0) is 6.42 Å². The number of carbonyl (C=O) groups is 1. The molecule has 1 N–H and O–H groups in total. The van der Waals surface area contributed by atoms with Crippen LogP contribution >= 0.6 is 0 Å². The summed E-state index contributed by atoms with van der Waals surface area (Å²) in [5, 5.41) is 6.66. The molecule has 23 heavy (non-hydrogen) atoms. The SMILES string of the molecule is CCc1cccc(NC(=O)c2ccc(-c3nc(C)no3)cc2)c1. The number of nitrogens with one attached hydrogen (secondary N) is 1. The molecule has 0 bridgehead atoms. The first-order valence-corrected chi connectivity index (χ1v) is 7.47. The van der Waals surface area contributed by atoms with E-state index in [1.807, 2.05) is 24.3 Å². The Morgan fingerprint density at radius 1 is 1.17 bits per heavy atom. The molecular weight excluding hydrogens is 290 g/mol. The molecule has 0 aliphatic heterocycles. The van der Waals surface area contributed by atoms with Crippen molar-refractivity contribution in [2.45, 2.75) is 20.3 Å². The third-order valence-corrected chi connectivity index (χ3v) is 3.51. The molecule has 0 fully saturated rings. The molecular formula is C18H17N3O2. The summed E-state index contributed by atoms with van der Waals surface area (Å²) in [6.07, 6.45) is 0.933. The Kier molecular flexibility index (Phi) is 4.19. The van der Waals surface area contributed by atoms with Crippen molar-refractivity contribution in [2.75, 3.05) is 5.32 Å². The quantitative estimate of drug-likeness (QED) is 0.794.